The summed E-state index contributed by atoms with van der Waals surface area (Å²) in [6.07, 6.45) is 1.07. The third-order valence-electron chi connectivity index (χ3n) is 4.41. The minimum Gasteiger partial charge on any atom is -0.465 e. The molecule has 2 aromatic carbocycles. The van der Waals surface area contributed by atoms with Gasteiger partial charge in [-0.3, -0.25) is 9.10 Å². The van der Waals surface area contributed by atoms with Crippen LogP contribution < -0.4 is 9.62 Å². The van der Waals surface area contributed by atoms with Crippen molar-refractivity contribution >= 4 is 33.3 Å². The third-order valence-corrected chi connectivity index (χ3v) is 5.65. The fourth-order valence-electron chi connectivity index (χ4n) is 2.73. The summed E-state index contributed by atoms with van der Waals surface area (Å²) in [4.78, 5) is 24.2. The van der Waals surface area contributed by atoms with Crippen LogP contribution in [0.2, 0.25) is 0 Å². The van der Waals surface area contributed by atoms with Crippen LogP contribution >= 0.6 is 0 Å². The zero-order valence-electron chi connectivity index (χ0n) is 16.5. The van der Waals surface area contributed by atoms with Gasteiger partial charge in [-0.15, -0.1) is 0 Å². The van der Waals surface area contributed by atoms with E-state index >= 15 is 0 Å². The molecule has 0 radical (unpaired) electrons. The SMILES string of the molecule is COC(=O)c1ccc(NC(=O)C(C)N(c2ccc(C)c(C)c2)S(C)(=O)=O)cc1. The number of nitrogens with one attached hydrogen (secondary N) is 1. The van der Waals surface area contributed by atoms with Gasteiger partial charge < -0.3 is 10.1 Å². The highest BCUT2D eigenvalue weighted by atomic mass is 32.2. The number of esters is 1. The predicted molar refractivity (Wildman–Crippen MR) is 109 cm³/mol. The van der Waals surface area contributed by atoms with Gasteiger partial charge in [0.05, 0.1) is 24.6 Å². The van der Waals surface area contributed by atoms with Gasteiger partial charge in [0.25, 0.3) is 0 Å². The first-order chi connectivity index (χ1) is 13.0. The zero-order valence-corrected chi connectivity index (χ0v) is 17.3. The molecule has 0 fully saturated rings. The van der Waals surface area contributed by atoms with Gasteiger partial charge in [0.2, 0.25) is 15.9 Å². The van der Waals surface area contributed by atoms with Crippen molar-refractivity contribution in [3.63, 3.8) is 0 Å². The molecular formula is C20H24N2O5S. The highest BCUT2D eigenvalue weighted by Crippen LogP contribution is 2.24. The summed E-state index contributed by atoms with van der Waals surface area (Å²) < 4.78 is 30.5. The van der Waals surface area contributed by atoms with Gasteiger partial charge in [-0.2, -0.15) is 0 Å². The number of ether oxygens (including phenoxy) is 1. The molecule has 0 heterocycles. The van der Waals surface area contributed by atoms with Crippen LogP contribution in [-0.2, 0) is 19.6 Å². The lowest BCUT2D eigenvalue weighted by atomic mass is 10.1. The Morgan fingerprint density at radius 1 is 1.04 bits per heavy atom. The van der Waals surface area contributed by atoms with Crippen molar-refractivity contribution in [1.82, 2.24) is 0 Å². The minimum atomic E-state index is -3.69. The lowest BCUT2D eigenvalue weighted by molar-refractivity contribution is -0.116. The molecule has 0 saturated heterocycles. The lowest BCUT2D eigenvalue weighted by Crippen LogP contribution is -2.45. The molecule has 2 rings (SSSR count). The molecule has 0 aliphatic heterocycles. The number of anilines is 2. The number of carbonyl (C=O) groups is 2. The van der Waals surface area contributed by atoms with Gasteiger partial charge in [-0.05, 0) is 68.3 Å². The monoisotopic (exact) mass is 404 g/mol. The van der Waals surface area contributed by atoms with Crippen LogP contribution in [0, 0.1) is 13.8 Å². The van der Waals surface area contributed by atoms with Crippen LogP contribution in [0.5, 0.6) is 0 Å². The van der Waals surface area contributed by atoms with E-state index in [1.165, 1.54) is 26.2 Å². The summed E-state index contributed by atoms with van der Waals surface area (Å²) >= 11 is 0. The van der Waals surface area contributed by atoms with Crippen LogP contribution in [0.1, 0.15) is 28.4 Å². The van der Waals surface area contributed by atoms with Crippen molar-refractivity contribution < 1.29 is 22.7 Å². The number of sulfonamides is 1. The molecular weight excluding hydrogens is 380 g/mol. The van der Waals surface area contributed by atoms with E-state index in [9.17, 15) is 18.0 Å². The molecule has 0 aliphatic rings. The molecule has 1 unspecified atom stereocenters. The molecule has 0 bridgehead atoms. The van der Waals surface area contributed by atoms with Gasteiger partial charge in [0.1, 0.15) is 6.04 Å². The number of hydrogen-bond acceptors (Lipinski definition) is 5. The Bertz CT molecular complexity index is 984. The normalized spacial score (nSPS) is 12.2. The topological polar surface area (TPSA) is 92.8 Å². The molecule has 8 heteroatoms. The highest BCUT2D eigenvalue weighted by Gasteiger charge is 2.29. The minimum absolute atomic E-state index is 0.349. The quantitative estimate of drug-likeness (QED) is 0.748. The summed E-state index contributed by atoms with van der Waals surface area (Å²) in [5.41, 5.74) is 3.17. The van der Waals surface area contributed by atoms with Crippen molar-refractivity contribution in [2.24, 2.45) is 0 Å². The molecule has 0 aromatic heterocycles. The Balaban J connectivity index is 2.26. The maximum atomic E-state index is 12.7. The predicted octanol–water partition coefficient (Wildman–Crippen LogP) is 2.88. The van der Waals surface area contributed by atoms with Crippen LogP contribution in [0.25, 0.3) is 0 Å². The number of benzene rings is 2. The molecule has 2 aromatic rings. The number of amides is 1. The molecule has 1 amide bonds. The average molecular weight is 404 g/mol. The van der Waals surface area contributed by atoms with E-state index in [2.05, 4.69) is 10.1 Å². The van der Waals surface area contributed by atoms with Crippen LogP contribution in [-0.4, -0.2) is 39.7 Å². The van der Waals surface area contributed by atoms with E-state index in [0.717, 1.165) is 21.7 Å². The van der Waals surface area contributed by atoms with Gasteiger partial charge in [-0.1, -0.05) is 6.07 Å². The fraction of sp³-hybridized carbons (Fsp3) is 0.300. The first-order valence-corrected chi connectivity index (χ1v) is 10.5. The van der Waals surface area contributed by atoms with Gasteiger partial charge >= 0.3 is 5.97 Å². The van der Waals surface area contributed by atoms with Crippen molar-refractivity contribution in [2.75, 3.05) is 23.0 Å². The van der Waals surface area contributed by atoms with E-state index in [1.807, 2.05) is 19.9 Å². The number of methoxy groups -OCH3 is 1. The van der Waals surface area contributed by atoms with E-state index in [1.54, 1.807) is 24.3 Å². The Labute approximate surface area is 165 Å². The van der Waals surface area contributed by atoms with E-state index < -0.39 is 27.9 Å². The smallest absolute Gasteiger partial charge is 0.337 e. The first-order valence-electron chi connectivity index (χ1n) is 8.60. The Morgan fingerprint density at radius 2 is 1.64 bits per heavy atom. The summed E-state index contributed by atoms with van der Waals surface area (Å²) in [5.74, 6) is -0.973. The van der Waals surface area contributed by atoms with Gasteiger partial charge in [-0.25, -0.2) is 13.2 Å². The summed E-state index contributed by atoms with van der Waals surface area (Å²) in [5, 5.41) is 2.68. The summed E-state index contributed by atoms with van der Waals surface area (Å²) in [6.45, 7) is 5.33. The molecule has 1 N–H and O–H groups in total. The second kappa shape index (κ2) is 8.43. The van der Waals surface area contributed by atoms with E-state index in [0.29, 0.717) is 16.9 Å². The molecule has 150 valence electrons. The maximum absolute atomic E-state index is 12.7. The second-order valence-corrected chi connectivity index (χ2v) is 8.42. The van der Waals surface area contributed by atoms with E-state index in [4.69, 9.17) is 0 Å². The molecule has 0 aliphatic carbocycles. The van der Waals surface area contributed by atoms with Crippen LogP contribution in [0.15, 0.2) is 42.5 Å². The van der Waals surface area contributed by atoms with Gasteiger partial charge in [0.15, 0.2) is 0 Å². The number of nitrogens with zero attached hydrogens (tertiary/aromatic N) is 1. The standard InChI is InChI=1S/C20H24N2O5S/c1-13-6-11-18(12-14(13)2)22(28(5,25)26)15(3)19(23)21-17-9-7-16(8-10-17)20(24)27-4/h6-12,15H,1-5H3,(H,21,23). The Morgan fingerprint density at radius 3 is 2.14 bits per heavy atom. The first kappa shape index (κ1) is 21.4. The third kappa shape index (κ3) is 4.89. The summed E-state index contributed by atoms with van der Waals surface area (Å²) in [7, 11) is -2.41. The summed E-state index contributed by atoms with van der Waals surface area (Å²) in [6, 6.07) is 10.4. The molecule has 1 atom stereocenters. The van der Waals surface area contributed by atoms with E-state index in [-0.39, 0.29) is 0 Å². The Kier molecular flexibility index (Phi) is 6.45. The molecule has 0 saturated carbocycles. The van der Waals surface area contributed by atoms with Crippen molar-refractivity contribution in [1.29, 1.82) is 0 Å². The largest absolute Gasteiger partial charge is 0.465 e. The van der Waals surface area contributed by atoms with Crippen LogP contribution in [0.4, 0.5) is 11.4 Å². The zero-order chi connectivity index (χ0) is 21.1. The molecule has 7 nitrogen and oxygen atoms in total. The lowest BCUT2D eigenvalue weighted by Gasteiger charge is -2.28. The van der Waals surface area contributed by atoms with Gasteiger partial charge in [0, 0.05) is 5.69 Å². The number of aryl methyl sites for hydroxylation is 2. The fourth-order valence-corrected chi connectivity index (χ4v) is 3.89. The Hall–Kier alpha value is -2.87. The molecule has 0 spiro atoms. The van der Waals surface area contributed by atoms with Crippen molar-refractivity contribution in [3.8, 4) is 0 Å². The maximum Gasteiger partial charge on any atom is 0.337 e. The van der Waals surface area contributed by atoms with Crippen molar-refractivity contribution in [3.05, 3.63) is 59.2 Å². The number of hydrogen-bond donors (Lipinski definition) is 1. The molecule has 28 heavy (non-hydrogen) atoms. The van der Waals surface area contributed by atoms with Crippen LogP contribution in [0.3, 0.4) is 0 Å². The second-order valence-electron chi connectivity index (χ2n) is 6.56. The highest BCUT2D eigenvalue weighted by molar-refractivity contribution is 7.92. The number of carbonyl (C=O) groups excluding carboxylic acids is 2. The average Bonchev–Trinajstić information content (AvgIpc) is 2.63. The van der Waals surface area contributed by atoms with Crippen molar-refractivity contribution in [2.45, 2.75) is 26.8 Å². The number of rotatable bonds is 6.